The number of amides is 1. The Morgan fingerprint density at radius 2 is 1.86 bits per heavy atom. The predicted octanol–water partition coefficient (Wildman–Crippen LogP) is 1.29. The maximum atomic E-state index is 12.6. The van der Waals surface area contributed by atoms with E-state index in [1.54, 1.807) is 30.0 Å². The zero-order chi connectivity index (χ0) is 20.1. The molecular weight excluding hydrogens is 376 g/mol. The van der Waals surface area contributed by atoms with Gasteiger partial charge in [0.1, 0.15) is 0 Å². The van der Waals surface area contributed by atoms with Gasteiger partial charge in [0.2, 0.25) is 15.9 Å². The lowest BCUT2D eigenvalue weighted by Gasteiger charge is -2.32. The molecule has 0 bridgehead atoms. The van der Waals surface area contributed by atoms with E-state index in [1.807, 2.05) is 0 Å². The Bertz CT molecular complexity index is 789. The highest BCUT2D eigenvalue weighted by Gasteiger charge is 2.23. The van der Waals surface area contributed by atoms with Crippen LogP contribution in [0, 0.1) is 0 Å². The average Bonchev–Trinajstić information content (AvgIpc) is 2.68. The van der Waals surface area contributed by atoms with E-state index in [0.29, 0.717) is 13.1 Å². The highest BCUT2D eigenvalue weighted by molar-refractivity contribution is 7.89. The van der Waals surface area contributed by atoms with Crippen LogP contribution in [0.4, 0.5) is 5.69 Å². The van der Waals surface area contributed by atoms with Gasteiger partial charge in [-0.2, -0.15) is 0 Å². The molecule has 0 spiro atoms. The van der Waals surface area contributed by atoms with Crippen molar-refractivity contribution in [3.63, 3.8) is 0 Å². The monoisotopic (exact) mass is 408 g/mol. The number of sulfonamides is 1. The van der Waals surface area contributed by atoms with Crippen molar-refractivity contribution in [2.75, 3.05) is 57.8 Å². The van der Waals surface area contributed by atoms with Gasteiger partial charge in [0.05, 0.1) is 4.90 Å². The van der Waals surface area contributed by atoms with Crippen LogP contribution in [0.25, 0.3) is 0 Å². The van der Waals surface area contributed by atoms with Gasteiger partial charge in [0.25, 0.3) is 0 Å². The third kappa shape index (κ3) is 5.31. The van der Waals surface area contributed by atoms with Crippen molar-refractivity contribution in [3.8, 4) is 0 Å². The van der Waals surface area contributed by atoms with Crippen molar-refractivity contribution in [2.24, 2.45) is 0 Å². The van der Waals surface area contributed by atoms with Crippen molar-refractivity contribution in [2.45, 2.75) is 37.5 Å². The molecule has 28 heavy (non-hydrogen) atoms. The first-order chi connectivity index (χ1) is 13.4. The minimum absolute atomic E-state index is 0.00460. The number of benzene rings is 1. The smallest absolute Gasteiger partial charge is 0.240 e. The molecule has 1 fully saturated rings. The lowest BCUT2D eigenvalue weighted by molar-refractivity contribution is -0.116. The molecule has 0 radical (unpaired) electrons. The van der Waals surface area contributed by atoms with E-state index in [0.717, 1.165) is 69.7 Å². The number of anilines is 1. The standard InChI is InChI=1S/C20H32N4O3S/c1-17(25)24-11-5-6-18-16-19(7-8-20(18)24)28(26,27)21-9-3-4-10-23-14-12-22(2)13-15-23/h7-8,16,21H,3-6,9-15H2,1-2H3. The lowest BCUT2D eigenvalue weighted by Crippen LogP contribution is -2.44. The number of hydrogen-bond donors (Lipinski definition) is 1. The van der Waals surface area contributed by atoms with Crippen LogP contribution in [-0.2, 0) is 21.2 Å². The van der Waals surface area contributed by atoms with Crippen LogP contribution in [0.3, 0.4) is 0 Å². The largest absolute Gasteiger partial charge is 0.312 e. The molecule has 0 aliphatic carbocycles. The average molecular weight is 409 g/mol. The van der Waals surface area contributed by atoms with E-state index in [-0.39, 0.29) is 10.8 Å². The summed E-state index contributed by atoms with van der Waals surface area (Å²) in [4.78, 5) is 18.6. The fraction of sp³-hybridized carbons (Fsp3) is 0.650. The first-order valence-corrected chi connectivity index (χ1v) is 11.7. The van der Waals surface area contributed by atoms with Gasteiger partial charge in [0.15, 0.2) is 0 Å². The maximum Gasteiger partial charge on any atom is 0.240 e. The van der Waals surface area contributed by atoms with Crippen molar-refractivity contribution in [1.29, 1.82) is 0 Å². The lowest BCUT2D eigenvalue weighted by atomic mass is 10.0. The van der Waals surface area contributed by atoms with Crippen molar-refractivity contribution < 1.29 is 13.2 Å². The quantitative estimate of drug-likeness (QED) is 0.689. The normalized spacial score (nSPS) is 18.9. The van der Waals surface area contributed by atoms with Crippen molar-refractivity contribution in [1.82, 2.24) is 14.5 Å². The van der Waals surface area contributed by atoms with Crippen LogP contribution >= 0.6 is 0 Å². The molecule has 2 heterocycles. The van der Waals surface area contributed by atoms with E-state index >= 15 is 0 Å². The molecule has 1 amide bonds. The highest BCUT2D eigenvalue weighted by Crippen LogP contribution is 2.29. The molecule has 1 aromatic rings. The topological polar surface area (TPSA) is 73.0 Å². The fourth-order valence-electron chi connectivity index (χ4n) is 3.89. The minimum atomic E-state index is -3.52. The van der Waals surface area contributed by atoms with Gasteiger partial charge < -0.3 is 14.7 Å². The molecule has 0 aromatic heterocycles. The van der Waals surface area contributed by atoms with Crippen LogP contribution < -0.4 is 9.62 Å². The summed E-state index contributed by atoms with van der Waals surface area (Å²) in [5.74, 6) is -0.00460. The summed E-state index contributed by atoms with van der Waals surface area (Å²) < 4.78 is 28.0. The van der Waals surface area contributed by atoms with Crippen LogP contribution in [0.2, 0.25) is 0 Å². The van der Waals surface area contributed by atoms with Gasteiger partial charge in [-0.05, 0) is 63.0 Å². The van der Waals surface area contributed by atoms with Crippen LogP contribution in [-0.4, -0.2) is 77.0 Å². The van der Waals surface area contributed by atoms with Gasteiger partial charge in [-0.25, -0.2) is 13.1 Å². The molecule has 156 valence electrons. The molecule has 7 nitrogen and oxygen atoms in total. The number of hydrogen-bond acceptors (Lipinski definition) is 5. The number of fused-ring (bicyclic) bond motifs is 1. The number of carbonyl (C=O) groups is 1. The number of aryl methyl sites for hydroxylation is 1. The number of unbranched alkanes of at least 4 members (excludes halogenated alkanes) is 1. The number of likely N-dealkylation sites (N-methyl/N-ethyl adjacent to an activating group) is 1. The van der Waals surface area contributed by atoms with E-state index < -0.39 is 10.0 Å². The van der Waals surface area contributed by atoms with Gasteiger partial charge in [-0.15, -0.1) is 0 Å². The maximum absolute atomic E-state index is 12.6. The number of rotatable bonds is 7. The molecule has 0 saturated carbocycles. The second-order valence-electron chi connectivity index (χ2n) is 7.81. The molecule has 3 rings (SSSR count). The molecule has 1 saturated heterocycles. The molecule has 0 atom stereocenters. The summed E-state index contributed by atoms with van der Waals surface area (Å²) in [5, 5.41) is 0. The van der Waals surface area contributed by atoms with E-state index in [9.17, 15) is 13.2 Å². The number of piperazine rings is 1. The first-order valence-electron chi connectivity index (χ1n) is 10.2. The Morgan fingerprint density at radius 1 is 1.11 bits per heavy atom. The number of nitrogens with zero attached hydrogens (tertiary/aromatic N) is 3. The number of carbonyl (C=O) groups excluding carboxylic acids is 1. The van der Waals surface area contributed by atoms with Crippen molar-refractivity contribution >= 4 is 21.6 Å². The Balaban J connectivity index is 1.50. The van der Waals surface area contributed by atoms with Gasteiger partial charge in [-0.3, -0.25) is 4.79 Å². The van der Waals surface area contributed by atoms with Gasteiger partial charge in [-0.1, -0.05) is 0 Å². The summed E-state index contributed by atoms with van der Waals surface area (Å²) in [6.07, 6.45) is 3.47. The van der Waals surface area contributed by atoms with Gasteiger partial charge >= 0.3 is 0 Å². The summed E-state index contributed by atoms with van der Waals surface area (Å²) >= 11 is 0. The summed E-state index contributed by atoms with van der Waals surface area (Å²) in [6, 6.07) is 5.08. The second-order valence-corrected chi connectivity index (χ2v) is 9.58. The van der Waals surface area contributed by atoms with E-state index in [4.69, 9.17) is 0 Å². The third-order valence-electron chi connectivity index (χ3n) is 5.65. The van der Waals surface area contributed by atoms with E-state index in [2.05, 4.69) is 21.6 Å². The summed E-state index contributed by atoms with van der Waals surface area (Å²) in [7, 11) is -1.37. The Kier molecular flexibility index (Phi) is 7.09. The first kappa shape index (κ1) is 21.2. The molecule has 1 N–H and O–H groups in total. The Morgan fingerprint density at radius 3 is 2.57 bits per heavy atom. The summed E-state index contributed by atoms with van der Waals surface area (Å²) in [6.45, 7) is 8.10. The summed E-state index contributed by atoms with van der Waals surface area (Å²) in [5.41, 5.74) is 1.77. The molecule has 2 aliphatic heterocycles. The SMILES string of the molecule is CC(=O)N1CCCc2cc(S(=O)(=O)NCCCCN3CCN(C)CC3)ccc21. The third-order valence-corrected chi connectivity index (χ3v) is 7.11. The van der Waals surface area contributed by atoms with Crippen molar-refractivity contribution in [3.05, 3.63) is 23.8 Å². The van der Waals surface area contributed by atoms with Gasteiger partial charge in [0, 0.05) is 51.9 Å². The zero-order valence-electron chi connectivity index (χ0n) is 17.0. The fourth-order valence-corrected chi connectivity index (χ4v) is 5.01. The Hall–Kier alpha value is -1.48. The minimum Gasteiger partial charge on any atom is -0.312 e. The van der Waals surface area contributed by atoms with Crippen LogP contribution in [0.5, 0.6) is 0 Å². The zero-order valence-corrected chi connectivity index (χ0v) is 17.8. The molecule has 1 aromatic carbocycles. The molecule has 8 heteroatoms. The van der Waals surface area contributed by atoms with Crippen LogP contribution in [0.15, 0.2) is 23.1 Å². The molecule has 0 unspecified atom stereocenters. The Labute approximate surface area is 168 Å². The molecular formula is C20H32N4O3S. The number of nitrogens with one attached hydrogen (secondary N) is 1. The van der Waals surface area contributed by atoms with Crippen LogP contribution in [0.1, 0.15) is 31.7 Å². The molecule has 2 aliphatic rings. The van der Waals surface area contributed by atoms with E-state index in [1.165, 1.54) is 0 Å². The second kappa shape index (κ2) is 9.35. The highest BCUT2D eigenvalue weighted by atomic mass is 32.2. The predicted molar refractivity (Wildman–Crippen MR) is 111 cm³/mol.